The van der Waals surface area contributed by atoms with Crippen molar-refractivity contribution in [1.29, 1.82) is 0 Å². The van der Waals surface area contributed by atoms with E-state index < -0.39 is 11.4 Å². The molecule has 0 saturated heterocycles. The van der Waals surface area contributed by atoms with Crippen molar-refractivity contribution >= 4 is 29.1 Å². The lowest BCUT2D eigenvalue weighted by Crippen LogP contribution is -2.50. The number of amides is 1. The van der Waals surface area contributed by atoms with Crippen LogP contribution in [0.5, 0.6) is 5.75 Å². The van der Waals surface area contributed by atoms with E-state index in [4.69, 9.17) is 27.9 Å². The number of nitrogens with zero attached hydrogens (tertiary/aromatic N) is 1. The Kier molecular flexibility index (Phi) is 4.96. The fourth-order valence-electron chi connectivity index (χ4n) is 3.36. The van der Waals surface area contributed by atoms with Crippen molar-refractivity contribution in [3.63, 3.8) is 0 Å². The molecule has 142 valence electrons. The normalized spacial score (nSPS) is 18.1. The smallest absolute Gasteiger partial charge is 0.252 e. The van der Waals surface area contributed by atoms with Crippen LogP contribution in [0.1, 0.15) is 28.0 Å². The number of carbonyl (C=O) groups excluding carboxylic acids is 1. The van der Waals surface area contributed by atoms with Crippen LogP contribution >= 0.6 is 23.2 Å². The topological polar surface area (TPSA) is 51.2 Å². The summed E-state index contributed by atoms with van der Waals surface area (Å²) in [5.41, 5.74) is 0.690. The first-order valence-electron chi connectivity index (χ1n) is 8.61. The third-order valence-electron chi connectivity index (χ3n) is 4.76. The number of fused-ring (bicyclic) bond motifs is 1. The predicted molar refractivity (Wildman–Crippen MR) is 105 cm³/mol. The summed E-state index contributed by atoms with van der Waals surface area (Å²) in [6.45, 7) is 0.378. The van der Waals surface area contributed by atoms with Gasteiger partial charge in [-0.1, -0.05) is 29.3 Å². The van der Waals surface area contributed by atoms with Crippen LogP contribution in [0.15, 0.2) is 60.8 Å². The summed E-state index contributed by atoms with van der Waals surface area (Å²) in [5.74, 6) is -0.183. The maximum Gasteiger partial charge on any atom is 0.252 e. The number of rotatable bonds is 3. The van der Waals surface area contributed by atoms with Gasteiger partial charge in [-0.25, -0.2) is 4.39 Å². The molecule has 0 radical (unpaired) electrons. The van der Waals surface area contributed by atoms with Crippen molar-refractivity contribution in [2.75, 3.05) is 6.61 Å². The van der Waals surface area contributed by atoms with Crippen LogP contribution in [0.2, 0.25) is 10.0 Å². The second-order valence-corrected chi connectivity index (χ2v) is 7.26. The summed E-state index contributed by atoms with van der Waals surface area (Å²) in [5, 5.41) is 3.87. The van der Waals surface area contributed by atoms with Crippen LogP contribution in [0, 0.1) is 5.82 Å². The number of halogens is 3. The Hall–Kier alpha value is -2.63. The first-order valence-corrected chi connectivity index (χ1v) is 9.37. The van der Waals surface area contributed by atoms with E-state index in [1.807, 2.05) is 6.07 Å². The van der Waals surface area contributed by atoms with Crippen LogP contribution in [0.3, 0.4) is 0 Å². The van der Waals surface area contributed by atoms with Gasteiger partial charge in [-0.2, -0.15) is 0 Å². The lowest BCUT2D eigenvalue weighted by Gasteiger charge is -2.39. The molecule has 1 aliphatic heterocycles. The van der Waals surface area contributed by atoms with E-state index >= 15 is 0 Å². The van der Waals surface area contributed by atoms with Crippen molar-refractivity contribution in [2.45, 2.75) is 12.0 Å². The van der Waals surface area contributed by atoms with Gasteiger partial charge in [0.05, 0.1) is 16.7 Å². The molecule has 0 bridgehead atoms. The Morgan fingerprint density at radius 3 is 2.64 bits per heavy atom. The van der Waals surface area contributed by atoms with Gasteiger partial charge in [0.15, 0.2) is 0 Å². The van der Waals surface area contributed by atoms with Gasteiger partial charge in [0, 0.05) is 18.2 Å². The second kappa shape index (κ2) is 7.41. The summed E-state index contributed by atoms with van der Waals surface area (Å²) in [6, 6.07) is 14.2. The second-order valence-electron chi connectivity index (χ2n) is 6.44. The molecule has 7 heteroatoms. The fourth-order valence-corrected chi connectivity index (χ4v) is 3.66. The maximum atomic E-state index is 13.2. The first-order chi connectivity index (χ1) is 13.5. The molecule has 1 aromatic heterocycles. The van der Waals surface area contributed by atoms with Gasteiger partial charge >= 0.3 is 0 Å². The molecule has 1 unspecified atom stereocenters. The van der Waals surface area contributed by atoms with Gasteiger partial charge in [0.25, 0.3) is 5.91 Å². The van der Waals surface area contributed by atoms with Gasteiger partial charge in [-0.15, -0.1) is 0 Å². The molecule has 1 N–H and O–H groups in total. The Morgan fingerprint density at radius 1 is 1.11 bits per heavy atom. The first kappa shape index (κ1) is 18.7. The number of aromatic nitrogens is 1. The number of carbonyl (C=O) groups is 1. The third-order valence-corrected chi connectivity index (χ3v) is 5.49. The minimum absolute atomic E-state index is 0.338. The number of benzene rings is 2. The van der Waals surface area contributed by atoms with Gasteiger partial charge in [-0.3, -0.25) is 9.78 Å². The molecule has 4 nitrogen and oxygen atoms in total. The molecule has 1 aliphatic rings. The molecule has 0 saturated carbocycles. The highest BCUT2D eigenvalue weighted by Gasteiger charge is 2.42. The van der Waals surface area contributed by atoms with E-state index in [9.17, 15) is 9.18 Å². The Balaban J connectivity index is 1.84. The summed E-state index contributed by atoms with van der Waals surface area (Å²) >= 11 is 12.3. The Labute approximate surface area is 171 Å². The highest BCUT2D eigenvalue weighted by molar-refractivity contribution is 6.42. The van der Waals surface area contributed by atoms with E-state index in [0.29, 0.717) is 40.1 Å². The third kappa shape index (κ3) is 3.32. The number of pyridine rings is 1. The molecule has 0 spiro atoms. The molecule has 1 amide bonds. The molecule has 0 fully saturated rings. The molecule has 2 aromatic carbocycles. The molecule has 2 heterocycles. The number of ether oxygens (including phenoxy) is 1. The highest BCUT2D eigenvalue weighted by Crippen LogP contribution is 2.42. The maximum absolute atomic E-state index is 13.2. The van der Waals surface area contributed by atoms with Crippen molar-refractivity contribution in [3.05, 3.63) is 93.5 Å². The molecule has 28 heavy (non-hydrogen) atoms. The van der Waals surface area contributed by atoms with E-state index in [2.05, 4.69) is 10.3 Å². The average Bonchev–Trinajstić information content (AvgIpc) is 2.70. The minimum Gasteiger partial charge on any atom is -0.491 e. The van der Waals surface area contributed by atoms with Gasteiger partial charge in [-0.05, 0) is 54.1 Å². The van der Waals surface area contributed by atoms with Gasteiger partial charge in [0.1, 0.15) is 22.8 Å². The minimum atomic E-state index is -0.964. The molecular weight excluding hydrogens is 402 g/mol. The summed E-state index contributed by atoms with van der Waals surface area (Å²) < 4.78 is 19.0. The number of hydrogen-bond acceptors (Lipinski definition) is 3. The zero-order valence-corrected chi connectivity index (χ0v) is 16.1. The predicted octanol–water partition coefficient (Wildman–Crippen LogP) is 4.98. The SMILES string of the molecule is O=C(NC1(c2ccc(Cl)c(Cl)c2)CCOc2cccnc21)c1ccc(F)cc1. The van der Waals surface area contributed by atoms with Gasteiger partial charge < -0.3 is 10.1 Å². The standard InChI is InChI=1S/C21H15Cl2FN2O2/c22-16-8-5-14(12-17(16)23)21(9-11-28-18-2-1-10-25-19(18)21)26-20(27)13-3-6-15(24)7-4-13/h1-8,10,12H,9,11H2,(H,26,27). The fraction of sp³-hybridized carbons (Fsp3) is 0.143. The Morgan fingerprint density at radius 2 is 1.89 bits per heavy atom. The van der Waals surface area contributed by atoms with E-state index in [1.165, 1.54) is 24.3 Å². The van der Waals surface area contributed by atoms with Crippen molar-refractivity contribution in [2.24, 2.45) is 0 Å². The van der Waals surface area contributed by atoms with Crippen LogP contribution in [-0.2, 0) is 5.54 Å². The lowest BCUT2D eigenvalue weighted by molar-refractivity contribution is 0.0883. The van der Waals surface area contributed by atoms with Crippen LogP contribution < -0.4 is 10.1 Å². The molecule has 0 aliphatic carbocycles. The van der Waals surface area contributed by atoms with Crippen molar-refractivity contribution < 1.29 is 13.9 Å². The largest absolute Gasteiger partial charge is 0.491 e. The highest BCUT2D eigenvalue weighted by atomic mass is 35.5. The van der Waals surface area contributed by atoms with Crippen LogP contribution in [-0.4, -0.2) is 17.5 Å². The molecule has 4 rings (SSSR count). The molecule has 3 aromatic rings. The van der Waals surface area contributed by atoms with Gasteiger partial charge in [0.2, 0.25) is 0 Å². The summed E-state index contributed by atoms with van der Waals surface area (Å²) in [7, 11) is 0. The lowest BCUT2D eigenvalue weighted by atomic mass is 9.81. The summed E-state index contributed by atoms with van der Waals surface area (Å²) in [4.78, 5) is 17.5. The molecular formula is C21H15Cl2FN2O2. The van der Waals surface area contributed by atoms with Crippen LogP contribution in [0.4, 0.5) is 4.39 Å². The van der Waals surface area contributed by atoms with Crippen molar-refractivity contribution in [3.8, 4) is 5.75 Å². The monoisotopic (exact) mass is 416 g/mol. The van der Waals surface area contributed by atoms with Crippen molar-refractivity contribution in [1.82, 2.24) is 10.3 Å². The van der Waals surface area contributed by atoms with E-state index in [-0.39, 0.29) is 5.91 Å². The zero-order valence-electron chi connectivity index (χ0n) is 14.6. The zero-order chi connectivity index (χ0) is 19.7. The summed E-state index contributed by atoms with van der Waals surface area (Å²) in [6.07, 6.45) is 2.09. The Bertz CT molecular complexity index is 1040. The van der Waals surface area contributed by atoms with E-state index in [0.717, 1.165) is 5.56 Å². The number of hydrogen-bond donors (Lipinski definition) is 1. The average molecular weight is 417 g/mol. The van der Waals surface area contributed by atoms with E-state index in [1.54, 1.807) is 30.5 Å². The molecule has 1 atom stereocenters. The number of nitrogens with one attached hydrogen (secondary N) is 1. The quantitative estimate of drug-likeness (QED) is 0.654. The van der Waals surface area contributed by atoms with Crippen LogP contribution in [0.25, 0.3) is 0 Å².